The first-order valence-electron chi connectivity index (χ1n) is 11.8. The van der Waals surface area contributed by atoms with Gasteiger partial charge in [-0.05, 0) is 74.5 Å². The quantitative estimate of drug-likeness (QED) is 0.215. The molecular weight excluding hydrogens is 590 g/mol. The van der Waals surface area contributed by atoms with Crippen LogP contribution in [0.25, 0.3) is 6.08 Å². The van der Waals surface area contributed by atoms with E-state index in [2.05, 4.69) is 26.6 Å². The number of anilines is 2. The topological polar surface area (TPSA) is 118 Å². The lowest BCUT2D eigenvalue weighted by molar-refractivity contribution is -0.138. The molecule has 0 fully saturated rings. The van der Waals surface area contributed by atoms with Gasteiger partial charge in [0.05, 0.1) is 24.3 Å². The van der Waals surface area contributed by atoms with E-state index in [4.69, 9.17) is 20.8 Å². The van der Waals surface area contributed by atoms with Crippen molar-refractivity contribution in [3.05, 3.63) is 98.5 Å². The Morgan fingerprint density at radius 3 is 2.51 bits per heavy atom. The van der Waals surface area contributed by atoms with E-state index in [0.29, 0.717) is 27.9 Å². The number of nitrogens with one attached hydrogen (secondary N) is 2. The Morgan fingerprint density at radius 1 is 1.08 bits per heavy atom. The van der Waals surface area contributed by atoms with E-state index in [9.17, 15) is 19.2 Å². The maximum atomic E-state index is 13.4. The summed E-state index contributed by atoms with van der Waals surface area (Å²) in [4.78, 5) is 52.1. The number of carbonyl (C=O) groups excluding carboxylic acids is 4. The van der Waals surface area contributed by atoms with Crippen LogP contribution < -0.4 is 15.5 Å². The Morgan fingerprint density at radius 2 is 1.82 bits per heavy atom. The van der Waals surface area contributed by atoms with Crippen LogP contribution in [0.4, 0.5) is 11.4 Å². The van der Waals surface area contributed by atoms with E-state index in [1.165, 1.54) is 17.0 Å². The van der Waals surface area contributed by atoms with Crippen LogP contribution in [0.5, 0.6) is 0 Å². The SMILES string of the molecule is CCOC(=O)C1=C(C)N(c2ccc(Br)cc2)C(=O)/C1=C/c1ccc(CNC(=O)C(=O)Nc2cccc(Cl)c2)o1. The molecule has 0 atom stereocenters. The fourth-order valence-corrected chi connectivity index (χ4v) is 4.35. The van der Waals surface area contributed by atoms with Gasteiger partial charge in [-0.3, -0.25) is 19.3 Å². The highest BCUT2D eigenvalue weighted by Gasteiger charge is 2.38. The average molecular weight is 613 g/mol. The van der Waals surface area contributed by atoms with Crippen LogP contribution in [0.3, 0.4) is 0 Å². The molecular formula is C28H23BrClN3O6. The molecule has 1 aromatic heterocycles. The van der Waals surface area contributed by atoms with Gasteiger partial charge in [0.1, 0.15) is 11.5 Å². The normalized spacial score (nSPS) is 14.1. The Bertz CT molecular complexity index is 1510. The van der Waals surface area contributed by atoms with Crippen LogP contribution in [-0.4, -0.2) is 30.3 Å². The minimum absolute atomic E-state index is 0.0798. The summed E-state index contributed by atoms with van der Waals surface area (Å²) < 4.78 is 11.8. The minimum atomic E-state index is -0.870. The highest BCUT2D eigenvalue weighted by Crippen LogP contribution is 2.36. The molecule has 9 nitrogen and oxygen atoms in total. The van der Waals surface area contributed by atoms with E-state index < -0.39 is 23.7 Å². The summed E-state index contributed by atoms with van der Waals surface area (Å²) in [6.07, 6.45) is 1.45. The molecule has 0 bridgehead atoms. The van der Waals surface area contributed by atoms with Crippen molar-refractivity contribution in [1.82, 2.24) is 5.32 Å². The molecule has 1 aliphatic rings. The minimum Gasteiger partial charge on any atom is -0.462 e. The molecule has 11 heteroatoms. The standard InChI is InChI=1S/C28H23BrClN3O6/c1-3-38-28(37)24-16(2)33(20-9-7-17(29)8-10-20)27(36)23(24)14-21-11-12-22(39-21)15-31-25(34)26(35)32-19-6-4-5-18(30)13-19/h4-14H,3,15H2,1-2H3,(H,31,34)(H,32,35)/b23-14+. The molecule has 3 amide bonds. The predicted molar refractivity (Wildman–Crippen MR) is 150 cm³/mol. The van der Waals surface area contributed by atoms with Crippen molar-refractivity contribution in [2.45, 2.75) is 20.4 Å². The number of hydrogen-bond donors (Lipinski definition) is 2. The van der Waals surface area contributed by atoms with E-state index in [1.807, 2.05) is 0 Å². The third kappa shape index (κ3) is 6.47. The summed E-state index contributed by atoms with van der Waals surface area (Å²) in [5, 5.41) is 5.35. The van der Waals surface area contributed by atoms with Crippen molar-refractivity contribution in [2.24, 2.45) is 0 Å². The second kappa shape index (κ2) is 12.1. The molecule has 39 heavy (non-hydrogen) atoms. The first-order chi connectivity index (χ1) is 18.7. The Kier molecular flexibility index (Phi) is 8.68. The number of halogens is 2. The molecule has 2 heterocycles. The third-order valence-corrected chi connectivity index (χ3v) is 6.41. The molecule has 0 unspecified atom stereocenters. The molecule has 0 spiro atoms. The van der Waals surface area contributed by atoms with Crippen molar-refractivity contribution < 1.29 is 28.3 Å². The fourth-order valence-electron chi connectivity index (χ4n) is 3.89. The smallest absolute Gasteiger partial charge is 0.340 e. The number of hydrogen-bond acceptors (Lipinski definition) is 6. The molecule has 2 N–H and O–H groups in total. The van der Waals surface area contributed by atoms with Crippen LogP contribution in [0.15, 0.2) is 86.4 Å². The van der Waals surface area contributed by atoms with Crippen molar-refractivity contribution in [1.29, 1.82) is 0 Å². The van der Waals surface area contributed by atoms with Gasteiger partial charge in [-0.1, -0.05) is 33.6 Å². The summed E-state index contributed by atoms with van der Waals surface area (Å²) >= 11 is 9.27. The van der Waals surface area contributed by atoms with E-state index in [0.717, 1.165) is 4.47 Å². The monoisotopic (exact) mass is 611 g/mol. The van der Waals surface area contributed by atoms with Crippen LogP contribution in [0, 0.1) is 0 Å². The number of carbonyl (C=O) groups is 4. The third-order valence-electron chi connectivity index (χ3n) is 5.65. The van der Waals surface area contributed by atoms with Crippen LogP contribution in [0.1, 0.15) is 25.4 Å². The van der Waals surface area contributed by atoms with E-state index in [1.54, 1.807) is 68.4 Å². The molecule has 2 aromatic carbocycles. The van der Waals surface area contributed by atoms with E-state index in [-0.39, 0.29) is 30.1 Å². The molecule has 0 saturated heterocycles. The Balaban J connectivity index is 1.50. The highest BCUT2D eigenvalue weighted by molar-refractivity contribution is 9.10. The summed E-state index contributed by atoms with van der Waals surface area (Å²) in [5.41, 5.74) is 1.64. The summed E-state index contributed by atoms with van der Waals surface area (Å²) in [6.45, 7) is 3.42. The summed E-state index contributed by atoms with van der Waals surface area (Å²) in [7, 11) is 0. The zero-order chi connectivity index (χ0) is 28.1. The molecule has 0 radical (unpaired) electrons. The van der Waals surface area contributed by atoms with Gasteiger partial charge in [0.25, 0.3) is 5.91 Å². The zero-order valence-electron chi connectivity index (χ0n) is 20.9. The van der Waals surface area contributed by atoms with Crippen molar-refractivity contribution >= 4 is 68.7 Å². The van der Waals surface area contributed by atoms with Crippen LogP contribution in [0.2, 0.25) is 5.02 Å². The van der Waals surface area contributed by atoms with Crippen molar-refractivity contribution in [3.8, 4) is 0 Å². The number of allylic oxidation sites excluding steroid dienone is 1. The predicted octanol–water partition coefficient (Wildman–Crippen LogP) is 5.22. The summed E-state index contributed by atoms with van der Waals surface area (Å²) in [5.74, 6) is -2.17. The summed E-state index contributed by atoms with van der Waals surface area (Å²) in [6, 6.07) is 16.7. The lowest BCUT2D eigenvalue weighted by atomic mass is 10.1. The van der Waals surface area contributed by atoms with Crippen LogP contribution in [-0.2, 0) is 30.5 Å². The second-order valence-electron chi connectivity index (χ2n) is 8.31. The molecule has 1 aliphatic heterocycles. The number of furan rings is 1. The van der Waals surface area contributed by atoms with Gasteiger partial charge < -0.3 is 19.8 Å². The molecule has 200 valence electrons. The first-order valence-corrected chi connectivity index (χ1v) is 13.0. The Labute approximate surface area is 237 Å². The van der Waals surface area contributed by atoms with Gasteiger partial charge in [-0.2, -0.15) is 0 Å². The van der Waals surface area contributed by atoms with Crippen LogP contribution >= 0.6 is 27.5 Å². The number of rotatable bonds is 7. The van der Waals surface area contributed by atoms with E-state index >= 15 is 0 Å². The molecule has 0 aliphatic carbocycles. The molecule has 3 aromatic rings. The van der Waals surface area contributed by atoms with Gasteiger partial charge in [0, 0.05) is 26.6 Å². The number of ether oxygens (including phenoxy) is 1. The number of nitrogens with zero attached hydrogens (tertiary/aromatic N) is 1. The lowest BCUT2D eigenvalue weighted by Gasteiger charge is -2.17. The van der Waals surface area contributed by atoms with Gasteiger partial charge in [-0.25, -0.2) is 4.79 Å². The van der Waals surface area contributed by atoms with Crippen molar-refractivity contribution in [2.75, 3.05) is 16.8 Å². The largest absolute Gasteiger partial charge is 0.462 e. The molecule has 0 saturated carbocycles. The first kappa shape index (κ1) is 27.9. The zero-order valence-corrected chi connectivity index (χ0v) is 23.3. The van der Waals surface area contributed by atoms with Crippen molar-refractivity contribution in [3.63, 3.8) is 0 Å². The number of benzene rings is 2. The lowest BCUT2D eigenvalue weighted by Crippen LogP contribution is -2.34. The fraction of sp³-hybridized carbons (Fsp3) is 0.143. The highest BCUT2D eigenvalue weighted by atomic mass is 79.9. The maximum Gasteiger partial charge on any atom is 0.340 e. The Hall–Kier alpha value is -4.15. The average Bonchev–Trinajstić information content (AvgIpc) is 3.45. The number of amides is 3. The second-order valence-corrected chi connectivity index (χ2v) is 9.66. The van der Waals surface area contributed by atoms with Gasteiger partial charge in [0.2, 0.25) is 0 Å². The number of esters is 1. The van der Waals surface area contributed by atoms with Gasteiger partial charge >= 0.3 is 17.8 Å². The van der Waals surface area contributed by atoms with Gasteiger partial charge in [0.15, 0.2) is 0 Å². The van der Waals surface area contributed by atoms with Gasteiger partial charge in [-0.15, -0.1) is 0 Å². The maximum absolute atomic E-state index is 13.4. The molecule has 4 rings (SSSR count).